The number of anilines is 1. The molecule has 0 bridgehead atoms. The second kappa shape index (κ2) is 13.1. The normalized spacial score (nSPS) is 13.0. The van der Waals surface area contributed by atoms with Crippen LogP contribution in [-0.4, -0.2) is 62.6 Å². The monoisotopic (exact) mass is 596 g/mol. The molecule has 224 valence electrons. The molecule has 42 heavy (non-hydrogen) atoms. The van der Waals surface area contributed by atoms with Crippen molar-refractivity contribution < 1.29 is 32.9 Å². The molecule has 0 spiro atoms. The number of benzene rings is 3. The summed E-state index contributed by atoms with van der Waals surface area (Å²) in [5.74, 6) is 0.830. The summed E-state index contributed by atoms with van der Waals surface area (Å²) in [6, 6.07) is 17.5. The van der Waals surface area contributed by atoms with Gasteiger partial charge in [-0.15, -0.1) is 0 Å². The van der Waals surface area contributed by atoms with E-state index in [1.807, 2.05) is 43.3 Å². The molecule has 1 aromatic heterocycles. The first-order chi connectivity index (χ1) is 19.9. The summed E-state index contributed by atoms with van der Waals surface area (Å²) in [5, 5.41) is 27.7. The van der Waals surface area contributed by atoms with Crippen LogP contribution < -0.4 is 24.8 Å². The maximum Gasteiger partial charge on any atom is 0.267 e. The first-order valence-electron chi connectivity index (χ1n) is 13.3. The van der Waals surface area contributed by atoms with Crippen molar-refractivity contribution in [3.05, 3.63) is 83.0 Å². The van der Waals surface area contributed by atoms with Gasteiger partial charge in [0, 0.05) is 36.1 Å². The molecule has 4 aromatic rings. The number of phenols is 1. The Morgan fingerprint density at radius 3 is 2.36 bits per heavy atom. The zero-order chi connectivity index (χ0) is 30.4. The Morgan fingerprint density at radius 2 is 1.69 bits per heavy atom. The Balaban J connectivity index is 1.34. The number of phenolic OH excluding ortho intramolecular Hbond substituents is 1. The van der Waals surface area contributed by atoms with Gasteiger partial charge < -0.3 is 35.3 Å². The number of H-pyrrole nitrogens is 1. The molecule has 12 heteroatoms. The number of rotatable bonds is 13. The highest BCUT2D eigenvalue weighted by Crippen LogP contribution is 2.28. The molecule has 0 unspecified atom stereocenters. The second-order valence-corrected chi connectivity index (χ2v) is 11.9. The van der Waals surface area contributed by atoms with Crippen LogP contribution >= 0.6 is 0 Å². The van der Waals surface area contributed by atoms with E-state index in [0.29, 0.717) is 35.7 Å². The molecule has 0 aliphatic heterocycles. The van der Waals surface area contributed by atoms with Crippen molar-refractivity contribution in [3.63, 3.8) is 0 Å². The van der Waals surface area contributed by atoms with E-state index in [1.54, 1.807) is 26.4 Å². The molecule has 0 radical (unpaired) electrons. The zero-order valence-corrected chi connectivity index (χ0v) is 24.7. The number of aromatic nitrogens is 1. The van der Waals surface area contributed by atoms with Crippen molar-refractivity contribution in [2.45, 2.75) is 32.0 Å². The highest BCUT2D eigenvalue weighted by atomic mass is 32.2. The van der Waals surface area contributed by atoms with Crippen molar-refractivity contribution in [2.24, 2.45) is 0 Å². The third-order valence-electron chi connectivity index (χ3n) is 6.70. The topological polar surface area (TPSA) is 162 Å². The van der Waals surface area contributed by atoms with Gasteiger partial charge in [-0.1, -0.05) is 12.1 Å². The Kier molecular flexibility index (Phi) is 9.61. The van der Waals surface area contributed by atoms with Crippen LogP contribution in [-0.2, 0) is 23.0 Å². The average Bonchev–Trinajstić information content (AvgIpc) is 3.38. The lowest BCUT2D eigenvalue weighted by atomic mass is 10.0. The summed E-state index contributed by atoms with van der Waals surface area (Å²) in [4.78, 5) is 16.0. The smallest absolute Gasteiger partial charge is 0.267 e. The summed E-state index contributed by atoms with van der Waals surface area (Å²) in [6.07, 6.45) is 0.740. The molecule has 1 heterocycles. The second-order valence-electron chi connectivity index (χ2n) is 10.2. The first kappa shape index (κ1) is 30.7. The van der Waals surface area contributed by atoms with Gasteiger partial charge in [0.2, 0.25) is 10.0 Å². The molecule has 0 fully saturated rings. The van der Waals surface area contributed by atoms with Crippen molar-refractivity contribution in [1.82, 2.24) is 15.6 Å². The minimum atomic E-state index is -3.58. The van der Waals surface area contributed by atoms with Crippen LogP contribution in [0.15, 0.2) is 60.7 Å². The summed E-state index contributed by atoms with van der Waals surface area (Å²) < 4.78 is 35.9. The zero-order valence-electron chi connectivity index (χ0n) is 23.9. The van der Waals surface area contributed by atoms with Gasteiger partial charge in [0.05, 0.1) is 32.3 Å². The van der Waals surface area contributed by atoms with Gasteiger partial charge in [0.1, 0.15) is 22.9 Å². The lowest BCUT2D eigenvalue weighted by Gasteiger charge is -2.18. The number of fused-ring (bicyclic) bond motifs is 1. The quantitative estimate of drug-likeness (QED) is 0.128. The molecule has 0 aliphatic rings. The summed E-state index contributed by atoms with van der Waals surface area (Å²) >= 11 is 0. The molecule has 0 saturated heterocycles. The van der Waals surface area contributed by atoms with Gasteiger partial charge in [-0.05, 0) is 72.5 Å². The first-order valence-corrected chi connectivity index (χ1v) is 15.2. The van der Waals surface area contributed by atoms with Crippen LogP contribution in [0.1, 0.15) is 40.2 Å². The fourth-order valence-corrected chi connectivity index (χ4v) is 5.14. The van der Waals surface area contributed by atoms with Gasteiger partial charge >= 0.3 is 0 Å². The maximum atomic E-state index is 12.8. The number of aromatic hydroxyl groups is 1. The number of methoxy groups -OCH3 is 2. The number of carbonyl (C=O) groups is 1. The number of amides is 1. The summed E-state index contributed by atoms with van der Waals surface area (Å²) in [5.41, 5.74) is 3.66. The Labute approximate surface area is 244 Å². The van der Waals surface area contributed by atoms with Crippen molar-refractivity contribution >= 4 is 32.5 Å². The number of ether oxygens (including phenoxy) is 2. The molecule has 6 N–H and O–H groups in total. The van der Waals surface area contributed by atoms with Crippen LogP contribution in [0.4, 0.5) is 5.69 Å². The molecule has 1 amide bonds. The minimum Gasteiger partial charge on any atom is -0.506 e. The summed E-state index contributed by atoms with van der Waals surface area (Å²) in [6.45, 7) is 2.52. The fourth-order valence-electron chi connectivity index (χ4n) is 4.58. The van der Waals surface area contributed by atoms with Crippen LogP contribution in [0.3, 0.4) is 0 Å². The number of aliphatic hydroxyl groups is 1. The molecule has 3 aromatic carbocycles. The molecular formula is C30H36N4O7S. The van der Waals surface area contributed by atoms with Gasteiger partial charge in [-0.3, -0.25) is 9.52 Å². The van der Waals surface area contributed by atoms with E-state index in [1.165, 1.54) is 12.1 Å². The number of aromatic amines is 1. The lowest BCUT2D eigenvalue weighted by Crippen LogP contribution is -2.32. The number of aliphatic hydroxyl groups excluding tert-OH is 1. The minimum absolute atomic E-state index is 0.00407. The predicted molar refractivity (Wildman–Crippen MR) is 162 cm³/mol. The van der Waals surface area contributed by atoms with E-state index in [0.717, 1.165) is 28.3 Å². The molecule has 11 nitrogen and oxygen atoms in total. The third-order valence-corrected chi connectivity index (χ3v) is 7.29. The standard InChI is InChI=1S/C30H36N4O7S/c1-18(31-17-29(36)21-6-8-28(35)26(13-21)34-42(4,38)39)9-19-5-7-25-22(10-19)14-27(33-25)30(37)32-16-20-11-23(40-2)15-24(12-20)41-3/h5-8,10-15,18,29,31,33-36H,9,16-17H2,1-4H3,(H,32,37)/t18-,29+/m1/s1. The van der Waals surface area contributed by atoms with Gasteiger partial charge in [0.25, 0.3) is 5.91 Å². The number of sulfonamides is 1. The molecule has 2 atom stereocenters. The van der Waals surface area contributed by atoms with Crippen molar-refractivity contribution in [1.29, 1.82) is 0 Å². The highest BCUT2D eigenvalue weighted by molar-refractivity contribution is 7.92. The maximum absolute atomic E-state index is 12.8. The highest BCUT2D eigenvalue weighted by Gasteiger charge is 2.15. The largest absolute Gasteiger partial charge is 0.506 e. The van der Waals surface area contributed by atoms with Crippen molar-refractivity contribution in [2.75, 3.05) is 31.7 Å². The van der Waals surface area contributed by atoms with E-state index in [-0.39, 0.29) is 29.9 Å². The van der Waals surface area contributed by atoms with E-state index in [2.05, 4.69) is 20.3 Å². The van der Waals surface area contributed by atoms with Crippen LogP contribution in [0.5, 0.6) is 17.2 Å². The molecule has 4 rings (SSSR count). The Bertz CT molecular complexity index is 1650. The third kappa shape index (κ3) is 8.15. The van der Waals surface area contributed by atoms with E-state index >= 15 is 0 Å². The van der Waals surface area contributed by atoms with Gasteiger partial charge in [-0.2, -0.15) is 0 Å². The van der Waals surface area contributed by atoms with Gasteiger partial charge in [-0.25, -0.2) is 8.42 Å². The SMILES string of the molecule is COc1cc(CNC(=O)c2cc3cc(C[C@@H](C)NC[C@H](O)c4ccc(O)c(NS(C)(=O)=O)c4)ccc3[nH]2)cc(OC)c1. The van der Waals surface area contributed by atoms with E-state index in [4.69, 9.17) is 9.47 Å². The summed E-state index contributed by atoms with van der Waals surface area (Å²) in [7, 11) is -0.430. The molecular weight excluding hydrogens is 560 g/mol. The number of hydrogen-bond donors (Lipinski definition) is 6. The molecule has 0 saturated carbocycles. The number of hydrogen-bond acceptors (Lipinski definition) is 8. The van der Waals surface area contributed by atoms with Crippen LogP contribution in [0.25, 0.3) is 10.9 Å². The van der Waals surface area contributed by atoms with Gasteiger partial charge in [0.15, 0.2) is 0 Å². The van der Waals surface area contributed by atoms with E-state index in [9.17, 15) is 23.4 Å². The van der Waals surface area contributed by atoms with E-state index < -0.39 is 16.1 Å². The number of carbonyl (C=O) groups excluding carboxylic acids is 1. The van der Waals surface area contributed by atoms with Crippen LogP contribution in [0, 0.1) is 0 Å². The van der Waals surface area contributed by atoms with Crippen molar-refractivity contribution in [3.8, 4) is 17.2 Å². The Morgan fingerprint density at radius 1 is 0.976 bits per heavy atom. The average molecular weight is 597 g/mol. The Hall–Kier alpha value is -4.26. The predicted octanol–water partition coefficient (Wildman–Crippen LogP) is 3.45. The molecule has 0 aliphatic carbocycles. The lowest BCUT2D eigenvalue weighted by molar-refractivity contribution is 0.0946. The number of nitrogens with one attached hydrogen (secondary N) is 4. The van der Waals surface area contributed by atoms with Crippen LogP contribution in [0.2, 0.25) is 0 Å². The fraction of sp³-hybridized carbons (Fsp3) is 0.300.